The first-order valence-corrected chi connectivity index (χ1v) is 9.29. The fraction of sp³-hybridized carbons (Fsp3) is 0.318. The molecule has 0 unspecified atom stereocenters. The number of aryl methyl sites for hydroxylation is 2. The summed E-state index contributed by atoms with van der Waals surface area (Å²) in [6.07, 6.45) is 5.59. The number of carbonyl (C=O) groups is 1. The zero-order chi connectivity index (χ0) is 18.6. The van der Waals surface area contributed by atoms with Crippen LogP contribution in [0, 0.1) is 13.8 Å². The molecule has 0 saturated carbocycles. The van der Waals surface area contributed by atoms with E-state index in [4.69, 9.17) is 4.74 Å². The molecule has 3 heteroatoms. The molecule has 0 N–H and O–H groups in total. The maximum absolute atomic E-state index is 10.9. The summed E-state index contributed by atoms with van der Waals surface area (Å²) in [4.78, 5) is 10.9. The number of allylic oxidation sites excluding steroid dienone is 3. The highest BCUT2D eigenvalue weighted by Gasteiger charge is 2.14. The fourth-order valence-electron chi connectivity index (χ4n) is 2.72. The van der Waals surface area contributed by atoms with E-state index in [9.17, 15) is 4.79 Å². The van der Waals surface area contributed by atoms with Gasteiger partial charge in [-0.15, -0.1) is 11.3 Å². The van der Waals surface area contributed by atoms with Gasteiger partial charge in [-0.1, -0.05) is 29.9 Å². The summed E-state index contributed by atoms with van der Waals surface area (Å²) < 4.78 is 7.34. The molecule has 1 aromatic carbocycles. The van der Waals surface area contributed by atoms with Gasteiger partial charge in [0.2, 0.25) is 0 Å². The Labute approximate surface area is 154 Å². The van der Waals surface area contributed by atoms with Gasteiger partial charge in [-0.05, 0) is 68.2 Å². The average molecular weight is 355 g/mol. The number of hydrogen-bond acceptors (Lipinski definition) is 3. The molecule has 0 aliphatic heterocycles. The second-order valence-corrected chi connectivity index (χ2v) is 7.54. The van der Waals surface area contributed by atoms with Crippen LogP contribution >= 0.6 is 11.3 Å². The van der Waals surface area contributed by atoms with E-state index in [0.717, 1.165) is 39.9 Å². The third kappa shape index (κ3) is 4.49. The van der Waals surface area contributed by atoms with Crippen molar-refractivity contribution in [3.63, 3.8) is 0 Å². The van der Waals surface area contributed by atoms with E-state index in [2.05, 4.69) is 57.9 Å². The van der Waals surface area contributed by atoms with E-state index < -0.39 is 0 Å². The Morgan fingerprint density at radius 1 is 1.24 bits per heavy atom. The molecule has 2 rings (SSSR count). The number of fused-ring (bicyclic) bond motifs is 1. The Morgan fingerprint density at radius 3 is 2.56 bits per heavy atom. The summed E-state index contributed by atoms with van der Waals surface area (Å²) in [5.74, 6) is 0.897. The molecule has 25 heavy (non-hydrogen) atoms. The Bertz CT molecular complexity index is 862. The lowest BCUT2D eigenvalue weighted by Gasteiger charge is -2.14. The van der Waals surface area contributed by atoms with Crippen LogP contribution in [-0.2, 0) is 11.2 Å². The van der Waals surface area contributed by atoms with Crippen LogP contribution in [-0.4, -0.2) is 12.9 Å². The molecule has 0 aliphatic carbocycles. The van der Waals surface area contributed by atoms with Gasteiger partial charge in [-0.2, -0.15) is 0 Å². The highest BCUT2D eigenvalue weighted by Crippen LogP contribution is 2.37. The number of rotatable bonds is 7. The normalized spacial score (nSPS) is 11.5. The monoisotopic (exact) mass is 354 g/mol. The van der Waals surface area contributed by atoms with E-state index in [0.29, 0.717) is 13.0 Å². The molecule has 0 radical (unpaired) electrons. The van der Waals surface area contributed by atoms with Gasteiger partial charge >= 0.3 is 0 Å². The Hall–Kier alpha value is -2.13. The number of hydrogen-bond donors (Lipinski definition) is 0. The van der Waals surface area contributed by atoms with Gasteiger partial charge in [0.25, 0.3) is 0 Å². The number of thiophene rings is 1. The van der Waals surface area contributed by atoms with Gasteiger partial charge < -0.3 is 9.53 Å². The lowest BCUT2D eigenvalue weighted by molar-refractivity contribution is -0.107. The molecule has 0 saturated heterocycles. The molecule has 0 spiro atoms. The van der Waals surface area contributed by atoms with Crippen LogP contribution in [0.1, 0.15) is 37.5 Å². The molecule has 0 amide bonds. The van der Waals surface area contributed by atoms with Gasteiger partial charge in [0.15, 0.2) is 0 Å². The first-order chi connectivity index (χ1) is 11.8. The predicted octanol–water partition coefficient (Wildman–Crippen LogP) is 6.11. The highest BCUT2D eigenvalue weighted by molar-refractivity contribution is 7.17. The fourth-order valence-corrected chi connectivity index (χ4v) is 3.88. The lowest BCUT2D eigenvalue weighted by atomic mass is 10.0. The maximum Gasteiger partial charge on any atom is 0.124 e. The van der Waals surface area contributed by atoms with E-state index in [1.807, 2.05) is 6.92 Å². The molecule has 2 nitrogen and oxygen atoms in total. The molecule has 132 valence electrons. The predicted molar refractivity (Wildman–Crippen MR) is 109 cm³/mol. The minimum Gasteiger partial charge on any atom is -0.489 e. The average Bonchev–Trinajstić information content (AvgIpc) is 2.96. The summed E-state index contributed by atoms with van der Waals surface area (Å²) >= 11 is 1.68. The van der Waals surface area contributed by atoms with Crippen molar-refractivity contribution in [1.29, 1.82) is 0 Å². The summed E-state index contributed by atoms with van der Waals surface area (Å²) in [6, 6.07) is 2.08. The highest BCUT2D eigenvalue weighted by atomic mass is 32.1. The van der Waals surface area contributed by atoms with E-state index in [1.54, 1.807) is 11.3 Å². The van der Waals surface area contributed by atoms with Gasteiger partial charge in [0.05, 0.1) is 0 Å². The van der Waals surface area contributed by atoms with Crippen LogP contribution in [0.2, 0.25) is 0 Å². The van der Waals surface area contributed by atoms with E-state index in [1.165, 1.54) is 15.7 Å². The van der Waals surface area contributed by atoms with Gasteiger partial charge in [0, 0.05) is 16.7 Å². The molecule has 0 aliphatic rings. The van der Waals surface area contributed by atoms with E-state index >= 15 is 0 Å². The summed E-state index contributed by atoms with van der Waals surface area (Å²) in [5.41, 5.74) is 6.73. The van der Waals surface area contributed by atoms with Crippen LogP contribution in [0.5, 0.6) is 5.75 Å². The molecule has 0 bridgehead atoms. The smallest absolute Gasteiger partial charge is 0.124 e. The number of carbonyl (C=O) groups excluding carboxylic acids is 1. The number of ether oxygens (including phenoxy) is 1. The molecule has 2 aromatic rings. The van der Waals surface area contributed by atoms with Crippen LogP contribution < -0.4 is 4.74 Å². The van der Waals surface area contributed by atoms with Crippen molar-refractivity contribution in [1.82, 2.24) is 0 Å². The quantitative estimate of drug-likeness (QED) is 0.443. The number of benzene rings is 1. The van der Waals surface area contributed by atoms with Crippen molar-refractivity contribution in [3.8, 4) is 5.75 Å². The summed E-state index contributed by atoms with van der Waals surface area (Å²) in [7, 11) is 0. The summed E-state index contributed by atoms with van der Waals surface area (Å²) in [5, 5.41) is 3.28. The second-order valence-electron chi connectivity index (χ2n) is 6.66. The lowest BCUT2D eigenvalue weighted by Crippen LogP contribution is -2.04. The van der Waals surface area contributed by atoms with Gasteiger partial charge in [-0.3, -0.25) is 0 Å². The third-order valence-electron chi connectivity index (χ3n) is 4.17. The van der Waals surface area contributed by atoms with E-state index in [-0.39, 0.29) is 0 Å². The zero-order valence-corrected chi connectivity index (χ0v) is 16.5. The Kier molecular flexibility index (Phi) is 6.38. The SMILES string of the molecule is C=C(C)/C(=C\C=C(C)C)COc1cc(C)c2c(CC=O)csc2c1C. The molecular formula is C22H26O2S. The third-order valence-corrected chi connectivity index (χ3v) is 5.32. The largest absolute Gasteiger partial charge is 0.489 e. The molecule has 1 aromatic heterocycles. The van der Waals surface area contributed by atoms with Crippen LogP contribution in [0.15, 0.2) is 46.9 Å². The topological polar surface area (TPSA) is 26.3 Å². The van der Waals surface area contributed by atoms with Crippen molar-refractivity contribution < 1.29 is 9.53 Å². The molecule has 1 heterocycles. The Balaban J connectivity index is 2.34. The van der Waals surface area contributed by atoms with Crippen LogP contribution in [0.25, 0.3) is 10.1 Å². The van der Waals surface area contributed by atoms with Crippen molar-refractivity contribution in [2.45, 2.75) is 41.0 Å². The minimum absolute atomic E-state index is 0.464. The van der Waals surface area contributed by atoms with Crippen molar-refractivity contribution in [2.75, 3.05) is 6.61 Å². The standard InChI is InChI=1S/C22H26O2S/c1-14(2)7-8-18(15(3)4)12-24-20-11-16(5)21-19(9-10-23)13-25-22(21)17(20)6/h7-8,10-11,13H,3,9,12H2,1-2,4-6H3/b18-8-. The molecule has 0 atom stereocenters. The first-order valence-electron chi connectivity index (χ1n) is 8.41. The van der Waals surface area contributed by atoms with Crippen LogP contribution in [0.3, 0.4) is 0 Å². The molecule has 0 fully saturated rings. The van der Waals surface area contributed by atoms with Crippen molar-refractivity contribution >= 4 is 27.7 Å². The first kappa shape index (κ1) is 19.2. The van der Waals surface area contributed by atoms with Gasteiger partial charge in [-0.25, -0.2) is 0 Å². The van der Waals surface area contributed by atoms with Crippen molar-refractivity contribution in [2.24, 2.45) is 0 Å². The minimum atomic E-state index is 0.464. The van der Waals surface area contributed by atoms with Crippen molar-refractivity contribution in [3.05, 3.63) is 63.6 Å². The summed E-state index contributed by atoms with van der Waals surface area (Å²) in [6.45, 7) is 14.9. The Morgan fingerprint density at radius 2 is 1.96 bits per heavy atom. The van der Waals surface area contributed by atoms with Crippen LogP contribution in [0.4, 0.5) is 0 Å². The maximum atomic E-state index is 10.9. The second kappa shape index (κ2) is 8.30. The zero-order valence-electron chi connectivity index (χ0n) is 15.7. The van der Waals surface area contributed by atoms with Gasteiger partial charge in [0.1, 0.15) is 18.6 Å². The molecular weight excluding hydrogens is 328 g/mol. The number of aldehydes is 1.